The Morgan fingerprint density at radius 2 is 1.03 bits per heavy atom. The summed E-state index contributed by atoms with van der Waals surface area (Å²) in [5.41, 5.74) is 3.15. The molecule has 1 saturated heterocycles. The van der Waals surface area contributed by atoms with E-state index in [1.165, 1.54) is 9.36 Å². The fraction of sp³-hybridized carbons (Fsp3) is 0.231. The molecule has 1 aliphatic rings. The molecule has 0 saturated carbocycles. The fourth-order valence-corrected chi connectivity index (χ4v) is 4.95. The van der Waals surface area contributed by atoms with E-state index in [0.29, 0.717) is 13.3 Å². The predicted octanol–water partition coefficient (Wildman–Crippen LogP) is 3.89. The van der Waals surface area contributed by atoms with Gasteiger partial charge in [-0.25, -0.2) is 9.36 Å². The standard InChI is InChI=1S/C26H24Br2N6O2/c27-21-5-1-3-19(15-21)23-7-9-25(35)33(29-23)17-31-11-13-32(14-12-31)18-34-26(36)10-8-24(30-34)20-4-2-6-22(28)16-20/h1-10,15-16H,11-14,17-18H2. The summed E-state index contributed by atoms with van der Waals surface area (Å²) in [4.78, 5) is 29.3. The van der Waals surface area contributed by atoms with E-state index in [1.807, 2.05) is 48.5 Å². The molecule has 0 amide bonds. The summed E-state index contributed by atoms with van der Waals surface area (Å²) in [6.45, 7) is 3.88. The van der Waals surface area contributed by atoms with E-state index in [9.17, 15) is 9.59 Å². The molecule has 5 rings (SSSR count). The largest absolute Gasteiger partial charge is 0.282 e. The van der Waals surface area contributed by atoms with Gasteiger partial charge in [0.05, 0.1) is 24.7 Å². The zero-order valence-electron chi connectivity index (χ0n) is 19.4. The molecule has 2 aromatic carbocycles. The van der Waals surface area contributed by atoms with Gasteiger partial charge in [-0.1, -0.05) is 56.1 Å². The number of piperazine rings is 1. The predicted molar refractivity (Wildman–Crippen MR) is 146 cm³/mol. The highest BCUT2D eigenvalue weighted by molar-refractivity contribution is 9.10. The van der Waals surface area contributed by atoms with Gasteiger partial charge >= 0.3 is 0 Å². The molecule has 0 atom stereocenters. The third kappa shape index (κ3) is 5.89. The number of rotatable bonds is 6. The molecule has 4 aromatic rings. The minimum Gasteiger partial charge on any atom is -0.282 e. The van der Waals surface area contributed by atoms with Gasteiger partial charge in [-0.15, -0.1) is 0 Å². The van der Waals surface area contributed by atoms with Crippen molar-refractivity contribution in [2.24, 2.45) is 0 Å². The first-order chi connectivity index (χ1) is 17.4. The van der Waals surface area contributed by atoms with Crippen LogP contribution in [0.1, 0.15) is 0 Å². The van der Waals surface area contributed by atoms with Gasteiger partial charge in [0.15, 0.2) is 0 Å². The van der Waals surface area contributed by atoms with Crippen LogP contribution in [-0.4, -0.2) is 55.5 Å². The van der Waals surface area contributed by atoms with Crippen LogP contribution in [0, 0.1) is 0 Å². The molecule has 0 spiro atoms. The topological polar surface area (TPSA) is 76.3 Å². The van der Waals surface area contributed by atoms with Crippen molar-refractivity contribution in [1.29, 1.82) is 0 Å². The van der Waals surface area contributed by atoms with Crippen LogP contribution in [0.2, 0.25) is 0 Å². The Morgan fingerprint density at radius 3 is 1.42 bits per heavy atom. The third-order valence-corrected chi connectivity index (χ3v) is 7.09. The van der Waals surface area contributed by atoms with Crippen LogP contribution < -0.4 is 11.1 Å². The van der Waals surface area contributed by atoms with Gasteiger partial charge in [-0.05, 0) is 36.4 Å². The summed E-state index contributed by atoms with van der Waals surface area (Å²) in [5.74, 6) is 0. The molecule has 0 radical (unpaired) electrons. The number of aromatic nitrogens is 4. The molecule has 0 aliphatic carbocycles. The molecule has 36 heavy (non-hydrogen) atoms. The van der Waals surface area contributed by atoms with E-state index in [0.717, 1.165) is 57.6 Å². The Kier molecular flexibility index (Phi) is 7.56. The van der Waals surface area contributed by atoms with Crippen LogP contribution in [0.3, 0.4) is 0 Å². The van der Waals surface area contributed by atoms with Crippen LogP contribution in [0.15, 0.2) is 91.3 Å². The van der Waals surface area contributed by atoms with Crippen LogP contribution in [0.5, 0.6) is 0 Å². The maximum atomic E-state index is 12.5. The molecule has 0 N–H and O–H groups in total. The van der Waals surface area contributed by atoms with Crippen LogP contribution >= 0.6 is 31.9 Å². The fourth-order valence-electron chi connectivity index (χ4n) is 4.16. The van der Waals surface area contributed by atoms with E-state index in [4.69, 9.17) is 0 Å². The quantitative estimate of drug-likeness (QED) is 0.329. The lowest BCUT2D eigenvalue weighted by atomic mass is 10.1. The Hall–Kier alpha value is -2.92. The number of hydrogen-bond acceptors (Lipinski definition) is 6. The van der Waals surface area contributed by atoms with Crippen molar-refractivity contribution in [3.05, 3.63) is 102 Å². The maximum Gasteiger partial charge on any atom is 0.268 e. The Balaban J connectivity index is 1.23. The van der Waals surface area contributed by atoms with Gasteiger partial charge in [-0.3, -0.25) is 19.4 Å². The highest BCUT2D eigenvalue weighted by Gasteiger charge is 2.19. The van der Waals surface area contributed by atoms with E-state index in [-0.39, 0.29) is 11.1 Å². The third-order valence-electron chi connectivity index (χ3n) is 6.11. The molecule has 10 heteroatoms. The van der Waals surface area contributed by atoms with Crippen molar-refractivity contribution in [3.63, 3.8) is 0 Å². The van der Waals surface area contributed by atoms with Crippen molar-refractivity contribution in [2.75, 3.05) is 26.2 Å². The number of hydrogen-bond donors (Lipinski definition) is 0. The molecular formula is C26H24Br2N6O2. The number of nitrogens with zero attached hydrogens (tertiary/aromatic N) is 6. The summed E-state index contributed by atoms with van der Waals surface area (Å²) in [5, 5.41) is 9.18. The lowest BCUT2D eigenvalue weighted by molar-refractivity contribution is 0.0778. The maximum absolute atomic E-state index is 12.5. The highest BCUT2D eigenvalue weighted by atomic mass is 79.9. The van der Waals surface area contributed by atoms with E-state index < -0.39 is 0 Å². The average Bonchev–Trinajstić information content (AvgIpc) is 2.88. The first-order valence-electron chi connectivity index (χ1n) is 11.6. The summed E-state index contributed by atoms with van der Waals surface area (Å²) >= 11 is 6.97. The SMILES string of the molecule is O=c1ccc(-c2cccc(Br)c2)nn1CN1CCN(Cn2nc(-c3cccc(Br)c3)ccc2=O)CC1. The zero-order valence-corrected chi connectivity index (χ0v) is 22.6. The minimum absolute atomic E-state index is 0.128. The lowest BCUT2D eigenvalue weighted by Gasteiger charge is -2.34. The van der Waals surface area contributed by atoms with Crippen molar-refractivity contribution in [3.8, 4) is 22.5 Å². The summed E-state index contributed by atoms with van der Waals surface area (Å²) in [7, 11) is 0. The van der Waals surface area contributed by atoms with Crippen molar-refractivity contribution >= 4 is 31.9 Å². The molecule has 1 aliphatic heterocycles. The van der Waals surface area contributed by atoms with Crippen LogP contribution in [0.25, 0.3) is 22.5 Å². The molecule has 0 unspecified atom stereocenters. The Bertz CT molecular complexity index is 1380. The second-order valence-corrected chi connectivity index (χ2v) is 10.5. The van der Waals surface area contributed by atoms with Gasteiger partial charge < -0.3 is 0 Å². The summed E-state index contributed by atoms with van der Waals surface area (Å²) in [6, 6.07) is 22.4. The highest BCUT2D eigenvalue weighted by Crippen LogP contribution is 2.21. The zero-order chi connectivity index (χ0) is 25.1. The molecule has 184 valence electrons. The minimum atomic E-state index is -0.128. The van der Waals surface area contributed by atoms with Crippen molar-refractivity contribution in [2.45, 2.75) is 13.3 Å². The summed E-state index contributed by atoms with van der Waals surface area (Å²) < 4.78 is 4.96. The van der Waals surface area contributed by atoms with E-state index in [2.05, 4.69) is 51.9 Å². The monoisotopic (exact) mass is 610 g/mol. The van der Waals surface area contributed by atoms with Crippen LogP contribution in [-0.2, 0) is 13.3 Å². The summed E-state index contributed by atoms with van der Waals surface area (Å²) in [6.07, 6.45) is 0. The Morgan fingerprint density at radius 1 is 0.611 bits per heavy atom. The smallest absolute Gasteiger partial charge is 0.268 e. The van der Waals surface area contributed by atoms with Gasteiger partial charge in [0.1, 0.15) is 0 Å². The average molecular weight is 612 g/mol. The van der Waals surface area contributed by atoms with Gasteiger partial charge in [0.2, 0.25) is 0 Å². The molecular weight excluding hydrogens is 588 g/mol. The van der Waals surface area contributed by atoms with E-state index in [1.54, 1.807) is 24.3 Å². The second-order valence-electron chi connectivity index (χ2n) is 8.65. The molecule has 3 heterocycles. The molecule has 2 aromatic heterocycles. The number of benzene rings is 2. The molecule has 8 nitrogen and oxygen atoms in total. The molecule has 0 bridgehead atoms. The molecule has 1 fully saturated rings. The van der Waals surface area contributed by atoms with Gasteiger partial charge in [0.25, 0.3) is 11.1 Å². The first kappa shape index (κ1) is 24.8. The van der Waals surface area contributed by atoms with E-state index >= 15 is 0 Å². The second kappa shape index (κ2) is 11.0. The van der Waals surface area contributed by atoms with Gasteiger partial charge in [0, 0.05) is 58.4 Å². The lowest BCUT2D eigenvalue weighted by Crippen LogP contribution is -2.49. The first-order valence-corrected chi connectivity index (χ1v) is 13.2. The van der Waals surface area contributed by atoms with Crippen LogP contribution in [0.4, 0.5) is 0 Å². The normalized spacial score (nSPS) is 14.7. The van der Waals surface area contributed by atoms with Crippen molar-refractivity contribution in [1.82, 2.24) is 29.4 Å². The number of halogens is 2. The Labute approximate surface area is 225 Å². The van der Waals surface area contributed by atoms with Gasteiger partial charge in [-0.2, -0.15) is 10.2 Å². The van der Waals surface area contributed by atoms with Crippen molar-refractivity contribution < 1.29 is 0 Å².